The Balaban J connectivity index is 0.000000166. The summed E-state index contributed by atoms with van der Waals surface area (Å²) in [4.78, 5) is 42.0. The number of benzene rings is 1. The van der Waals surface area contributed by atoms with E-state index in [0.29, 0.717) is 11.4 Å². The first-order valence-electron chi connectivity index (χ1n) is 10.8. The third-order valence-electron chi connectivity index (χ3n) is 6.09. The van der Waals surface area contributed by atoms with Gasteiger partial charge in [-0.15, -0.1) is 11.8 Å². The second kappa shape index (κ2) is 9.93. The van der Waals surface area contributed by atoms with Gasteiger partial charge in [0.05, 0.1) is 0 Å². The molecule has 1 spiro atoms. The Morgan fingerprint density at radius 3 is 2.65 bits per heavy atom. The van der Waals surface area contributed by atoms with Crippen LogP contribution >= 0.6 is 34.7 Å². The van der Waals surface area contributed by atoms with Crippen molar-refractivity contribution in [2.75, 3.05) is 18.4 Å². The molecule has 1 fully saturated rings. The topological polar surface area (TPSA) is 105 Å². The standard InChI is InChI=1S/C14H14ClNO2S.C10H11N3OS/c15-10-1-2-13-11(7-10)12(18)8-14(19-13)3-5-16(9-17)6-4-14;1-5-3-4-7-6(2)8(13-10(11)14)15-9(7)12-5/h1-2,7,9H,3-6,8H2;3-4H,1-2H3,(H3,11,13,14). The number of nitrogens with one attached hydrogen (secondary N) is 1. The number of pyridine rings is 1. The number of amides is 3. The van der Waals surface area contributed by atoms with Crippen molar-refractivity contribution in [1.29, 1.82) is 0 Å². The van der Waals surface area contributed by atoms with E-state index in [4.69, 9.17) is 17.3 Å². The van der Waals surface area contributed by atoms with Crippen LogP contribution in [0.4, 0.5) is 9.80 Å². The van der Waals surface area contributed by atoms with Crippen LogP contribution in [0.25, 0.3) is 10.2 Å². The number of thiophene rings is 1. The SMILES string of the molecule is Cc1ccc2c(C)c(NC(N)=O)sc2n1.O=CN1CCC2(CC1)CC(=O)c1cc(Cl)ccc1S2. The van der Waals surface area contributed by atoms with Crippen molar-refractivity contribution in [3.05, 3.63) is 52.2 Å². The van der Waals surface area contributed by atoms with E-state index in [9.17, 15) is 14.4 Å². The highest BCUT2D eigenvalue weighted by molar-refractivity contribution is 8.01. The summed E-state index contributed by atoms with van der Waals surface area (Å²) in [7, 11) is 0. The number of carbonyl (C=O) groups is 3. The van der Waals surface area contributed by atoms with Crippen molar-refractivity contribution in [1.82, 2.24) is 9.88 Å². The van der Waals surface area contributed by atoms with Crippen molar-refractivity contribution in [3.63, 3.8) is 0 Å². The molecule has 2 aliphatic rings. The van der Waals surface area contributed by atoms with Crippen LogP contribution in [-0.4, -0.2) is 45.9 Å². The molecule has 178 valence electrons. The van der Waals surface area contributed by atoms with Gasteiger partial charge in [-0.25, -0.2) is 9.78 Å². The van der Waals surface area contributed by atoms with Crippen molar-refractivity contribution < 1.29 is 14.4 Å². The molecule has 0 saturated carbocycles. The van der Waals surface area contributed by atoms with Crippen LogP contribution in [0, 0.1) is 13.8 Å². The van der Waals surface area contributed by atoms with Gasteiger partial charge in [0, 0.05) is 50.8 Å². The van der Waals surface area contributed by atoms with Crippen molar-refractivity contribution in [3.8, 4) is 0 Å². The number of hydrogen-bond acceptors (Lipinski definition) is 6. The zero-order valence-electron chi connectivity index (χ0n) is 18.9. The van der Waals surface area contributed by atoms with Gasteiger partial charge in [-0.3, -0.25) is 14.9 Å². The van der Waals surface area contributed by atoms with Gasteiger partial charge in [0.15, 0.2) is 5.78 Å². The van der Waals surface area contributed by atoms with E-state index >= 15 is 0 Å². The van der Waals surface area contributed by atoms with Crippen LogP contribution < -0.4 is 11.1 Å². The molecule has 4 heterocycles. The fraction of sp³-hybridized carbons (Fsp3) is 0.333. The number of aromatic nitrogens is 1. The fourth-order valence-electron chi connectivity index (χ4n) is 4.20. The molecule has 0 atom stereocenters. The average molecular weight is 517 g/mol. The summed E-state index contributed by atoms with van der Waals surface area (Å²) in [5.74, 6) is 0.177. The molecular formula is C24H25ClN4O3S2. The van der Waals surface area contributed by atoms with Gasteiger partial charge in [0.2, 0.25) is 6.41 Å². The number of piperidine rings is 1. The molecule has 2 aliphatic heterocycles. The first kappa shape index (κ1) is 24.5. The second-order valence-corrected chi connectivity index (χ2v) is 11.5. The predicted molar refractivity (Wildman–Crippen MR) is 138 cm³/mol. The van der Waals surface area contributed by atoms with Crippen molar-refractivity contribution >= 4 is 68.1 Å². The Kier molecular flexibility index (Phi) is 7.16. The smallest absolute Gasteiger partial charge is 0.317 e. The van der Waals surface area contributed by atoms with E-state index in [2.05, 4.69) is 10.3 Å². The normalized spacial score (nSPS) is 16.6. The van der Waals surface area contributed by atoms with Crippen LogP contribution in [0.5, 0.6) is 0 Å². The highest BCUT2D eigenvalue weighted by atomic mass is 35.5. The molecule has 5 rings (SSSR count). The van der Waals surface area contributed by atoms with Gasteiger partial charge in [-0.05, 0) is 62.6 Å². The van der Waals surface area contributed by atoms with E-state index in [1.54, 1.807) is 22.7 Å². The lowest BCUT2D eigenvalue weighted by atomic mass is 9.88. The molecule has 0 radical (unpaired) electrons. The lowest BCUT2D eigenvalue weighted by Crippen LogP contribution is -2.44. The molecule has 1 aromatic carbocycles. The monoisotopic (exact) mass is 516 g/mol. The maximum absolute atomic E-state index is 12.3. The molecule has 7 nitrogen and oxygen atoms in total. The molecular weight excluding hydrogens is 492 g/mol. The Hall–Kier alpha value is -2.62. The van der Waals surface area contributed by atoms with E-state index in [1.807, 2.05) is 38.1 Å². The van der Waals surface area contributed by atoms with Gasteiger partial charge in [-0.1, -0.05) is 22.9 Å². The number of ketones is 1. The lowest BCUT2D eigenvalue weighted by Gasteiger charge is -2.42. The number of Topliss-reactive ketones (excluding diaryl/α,β-unsaturated/α-hetero) is 1. The molecule has 10 heteroatoms. The molecule has 0 bridgehead atoms. The second-order valence-electron chi connectivity index (χ2n) is 8.52. The van der Waals surface area contributed by atoms with E-state index in [0.717, 1.165) is 69.3 Å². The summed E-state index contributed by atoms with van der Waals surface area (Å²) < 4.78 is -0.0303. The summed E-state index contributed by atoms with van der Waals surface area (Å²) in [6.07, 6.45) is 3.21. The van der Waals surface area contributed by atoms with Crippen LogP contribution in [-0.2, 0) is 4.79 Å². The molecule has 0 unspecified atom stereocenters. The molecule has 0 aliphatic carbocycles. The number of nitrogens with zero attached hydrogens (tertiary/aromatic N) is 2. The number of nitrogens with two attached hydrogens (primary N) is 1. The number of fused-ring (bicyclic) bond motifs is 2. The Morgan fingerprint density at radius 2 is 1.97 bits per heavy atom. The first-order chi connectivity index (χ1) is 16.2. The number of rotatable bonds is 2. The largest absolute Gasteiger partial charge is 0.351 e. The lowest BCUT2D eigenvalue weighted by molar-refractivity contribution is -0.119. The van der Waals surface area contributed by atoms with E-state index in [-0.39, 0.29) is 10.5 Å². The number of aryl methyl sites for hydroxylation is 2. The Morgan fingerprint density at radius 1 is 1.24 bits per heavy atom. The molecule has 34 heavy (non-hydrogen) atoms. The fourth-order valence-corrected chi connectivity index (χ4v) is 6.98. The van der Waals surface area contributed by atoms with Crippen molar-refractivity contribution in [2.45, 2.75) is 42.8 Å². The van der Waals surface area contributed by atoms with Crippen molar-refractivity contribution in [2.24, 2.45) is 5.73 Å². The summed E-state index contributed by atoms with van der Waals surface area (Å²) in [6, 6.07) is 8.96. The third-order valence-corrected chi connectivity index (χ3v) is 9.00. The summed E-state index contributed by atoms with van der Waals surface area (Å²) in [6.45, 7) is 5.37. The Labute approximate surface area is 211 Å². The highest BCUT2D eigenvalue weighted by Crippen LogP contribution is 2.49. The minimum Gasteiger partial charge on any atom is -0.351 e. The first-order valence-corrected chi connectivity index (χ1v) is 12.8. The number of hydrogen-bond donors (Lipinski definition) is 2. The summed E-state index contributed by atoms with van der Waals surface area (Å²) in [5.41, 5.74) is 7.81. The molecule has 2 aromatic heterocycles. The van der Waals surface area contributed by atoms with Crippen LogP contribution in [0.15, 0.2) is 35.2 Å². The van der Waals surface area contributed by atoms with Gasteiger partial charge in [0.1, 0.15) is 9.83 Å². The highest BCUT2D eigenvalue weighted by Gasteiger charge is 2.41. The van der Waals surface area contributed by atoms with E-state index < -0.39 is 6.03 Å². The number of anilines is 1. The number of halogens is 1. The maximum Gasteiger partial charge on any atom is 0.317 e. The summed E-state index contributed by atoms with van der Waals surface area (Å²) >= 11 is 9.18. The molecule has 3 aromatic rings. The van der Waals surface area contributed by atoms with Crippen LogP contribution in [0.2, 0.25) is 5.02 Å². The quantitative estimate of drug-likeness (QED) is 0.443. The van der Waals surface area contributed by atoms with E-state index in [1.165, 1.54) is 11.3 Å². The maximum atomic E-state index is 12.3. The number of carbonyl (C=O) groups excluding carboxylic acids is 3. The predicted octanol–water partition coefficient (Wildman–Crippen LogP) is 5.41. The molecule has 3 amide bonds. The van der Waals surface area contributed by atoms with Crippen LogP contribution in [0.1, 0.15) is 40.9 Å². The van der Waals surface area contributed by atoms with Gasteiger partial charge in [-0.2, -0.15) is 0 Å². The van der Waals surface area contributed by atoms with Gasteiger partial charge < -0.3 is 10.6 Å². The Bertz CT molecular complexity index is 1270. The number of likely N-dealkylation sites (tertiary alicyclic amines) is 1. The average Bonchev–Trinajstić information content (AvgIpc) is 3.09. The zero-order valence-corrected chi connectivity index (χ0v) is 21.3. The number of urea groups is 1. The van der Waals surface area contributed by atoms with Gasteiger partial charge in [0.25, 0.3) is 0 Å². The number of primary amides is 1. The molecule has 3 N–H and O–H groups in total. The van der Waals surface area contributed by atoms with Gasteiger partial charge >= 0.3 is 6.03 Å². The van der Waals surface area contributed by atoms with Crippen LogP contribution in [0.3, 0.4) is 0 Å². The number of thioether (sulfide) groups is 1. The third kappa shape index (κ3) is 5.21. The molecule has 1 saturated heterocycles. The minimum absolute atomic E-state index is 0.0303. The zero-order chi connectivity index (χ0) is 24.5. The summed E-state index contributed by atoms with van der Waals surface area (Å²) in [5, 5.41) is 5.05. The minimum atomic E-state index is -0.540.